The molecule has 0 spiro atoms. The van der Waals surface area contributed by atoms with Gasteiger partial charge in [-0.15, -0.1) is 5.10 Å². The fourth-order valence-corrected chi connectivity index (χ4v) is 5.55. The van der Waals surface area contributed by atoms with Crippen molar-refractivity contribution < 1.29 is 0 Å². The van der Waals surface area contributed by atoms with Gasteiger partial charge in [0.05, 0.1) is 16.3 Å². The molecule has 0 radical (unpaired) electrons. The summed E-state index contributed by atoms with van der Waals surface area (Å²) in [6.45, 7) is 9.21. The van der Waals surface area contributed by atoms with Gasteiger partial charge >= 0.3 is 0 Å². The molecule has 0 aliphatic carbocycles. The summed E-state index contributed by atoms with van der Waals surface area (Å²) in [6.07, 6.45) is 0.926. The second-order valence-corrected chi connectivity index (χ2v) is 9.68. The first-order chi connectivity index (χ1) is 15.7. The maximum atomic E-state index is 4.85. The Kier molecular flexibility index (Phi) is 6.14. The third-order valence-corrected chi connectivity index (χ3v) is 7.27. The van der Waals surface area contributed by atoms with Crippen LogP contribution < -0.4 is 4.90 Å². The molecule has 7 nitrogen and oxygen atoms in total. The number of hydrogen-bond donors (Lipinski definition) is 0. The molecule has 0 N–H and O–H groups in total. The van der Waals surface area contributed by atoms with E-state index < -0.39 is 0 Å². The van der Waals surface area contributed by atoms with Crippen LogP contribution in [0, 0.1) is 5.92 Å². The van der Waals surface area contributed by atoms with E-state index in [1.807, 2.05) is 4.68 Å². The smallest absolute Gasteiger partial charge is 0.186 e. The number of hydrogen-bond acceptors (Lipinski definition) is 7. The van der Waals surface area contributed by atoms with Gasteiger partial charge in [-0.25, -0.2) is 9.67 Å². The van der Waals surface area contributed by atoms with E-state index in [1.54, 1.807) is 11.3 Å². The second-order valence-electron chi connectivity index (χ2n) is 8.67. The zero-order valence-corrected chi connectivity index (χ0v) is 19.4. The van der Waals surface area contributed by atoms with Gasteiger partial charge in [-0.1, -0.05) is 67.6 Å². The Morgan fingerprint density at radius 3 is 2.44 bits per heavy atom. The van der Waals surface area contributed by atoms with Crippen LogP contribution in [0.5, 0.6) is 0 Å². The molecule has 0 amide bonds. The molecule has 3 heterocycles. The van der Waals surface area contributed by atoms with Crippen LogP contribution in [0.15, 0.2) is 54.6 Å². The van der Waals surface area contributed by atoms with E-state index in [0.29, 0.717) is 5.92 Å². The van der Waals surface area contributed by atoms with Crippen LogP contribution in [0.25, 0.3) is 10.2 Å². The van der Waals surface area contributed by atoms with Crippen LogP contribution in [0.2, 0.25) is 0 Å². The number of para-hydroxylation sites is 1. The zero-order valence-electron chi connectivity index (χ0n) is 18.6. The molecule has 2 aromatic carbocycles. The van der Waals surface area contributed by atoms with Gasteiger partial charge in [0, 0.05) is 32.7 Å². The summed E-state index contributed by atoms with van der Waals surface area (Å²) < 4.78 is 3.25. The number of aromatic nitrogens is 5. The van der Waals surface area contributed by atoms with Crippen molar-refractivity contribution >= 4 is 26.7 Å². The quantitative estimate of drug-likeness (QED) is 0.426. The molecule has 2 aromatic heterocycles. The molecule has 0 bridgehead atoms. The molecule has 32 heavy (non-hydrogen) atoms. The average Bonchev–Trinajstić information content (AvgIpc) is 3.46. The first-order valence-corrected chi connectivity index (χ1v) is 12.2. The van der Waals surface area contributed by atoms with Crippen molar-refractivity contribution in [3.8, 4) is 0 Å². The third-order valence-electron chi connectivity index (χ3n) is 6.17. The van der Waals surface area contributed by atoms with E-state index in [0.717, 1.165) is 55.6 Å². The number of fused-ring (bicyclic) bond motifs is 1. The molecule has 1 unspecified atom stereocenters. The molecule has 1 atom stereocenters. The summed E-state index contributed by atoms with van der Waals surface area (Å²) in [7, 11) is 0. The van der Waals surface area contributed by atoms with Crippen molar-refractivity contribution in [1.29, 1.82) is 0 Å². The Morgan fingerprint density at radius 2 is 1.69 bits per heavy atom. The first kappa shape index (κ1) is 21.0. The fraction of sp³-hybridized carbons (Fsp3) is 0.417. The largest absolute Gasteiger partial charge is 0.345 e. The molecule has 166 valence electrons. The van der Waals surface area contributed by atoms with Crippen LogP contribution in [0.3, 0.4) is 0 Å². The lowest BCUT2D eigenvalue weighted by Crippen LogP contribution is -2.49. The van der Waals surface area contributed by atoms with Crippen LogP contribution >= 0.6 is 11.3 Å². The number of rotatable bonds is 7. The first-order valence-electron chi connectivity index (χ1n) is 11.3. The predicted molar refractivity (Wildman–Crippen MR) is 129 cm³/mol. The van der Waals surface area contributed by atoms with Crippen molar-refractivity contribution in [3.63, 3.8) is 0 Å². The van der Waals surface area contributed by atoms with Gasteiger partial charge in [-0.2, -0.15) is 0 Å². The van der Waals surface area contributed by atoms with E-state index in [2.05, 4.69) is 93.8 Å². The fourth-order valence-electron chi connectivity index (χ4n) is 4.53. The highest BCUT2D eigenvalue weighted by atomic mass is 32.1. The predicted octanol–water partition coefficient (Wildman–Crippen LogP) is 4.04. The van der Waals surface area contributed by atoms with Gasteiger partial charge in [0.1, 0.15) is 0 Å². The Hall–Kier alpha value is -2.84. The molecular formula is C24H29N7S. The van der Waals surface area contributed by atoms with E-state index in [4.69, 9.17) is 4.98 Å². The molecule has 1 saturated heterocycles. The zero-order chi connectivity index (χ0) is 21.9. The number of thiazole rings is 1. The lowest BCUT2D eigenvalue weighted by Gasteiger charge is -2.40. The molecule has 1 fully saturated rings. The van der Waals surface area contributed by atoms with E-state index in [9.17, 15) is 0 Å². The number of piperazine rings is 1. The summed E-state index contributed by atoms with van der Waals surface area (Å²) in [5.74, 6) is 1.40. The lowest BCUT2D eigenvalue weighted by molar-refractivity contribution is 0.134. The van der Waals surface area contributed by atoms with Gasteiger partial charge in [0.25, 0.3) is 0 Å². The average molecular weight is 448 g/mol. The number of aryl methyl sites for hydroxylation is 2. The number of benzene rings is 2. The summed E-state index contributed by atoms with van der Waals surface area (Å²) >= 11 is 1.78. The van der Waals surface area contributed by atoms with Gasteiger partial charge in [0.15, 0.2) is 11.0 Å². The molecule has 1 aliphatic heterocycles. The second kappa shape index (κ2) is 9.34. The molecular weight excluding hydrogens is 418 g/mol. The standard InChI is InChI=1S/C24H29N7S/c1-18(2)22(23-26-27-28-31(23)13-12-19-8-4-3-5-9-19)29-14-16-30(17-15-29)24-25-20-10-6-7-11-21(20)32-24/h3-11,18,22H,12-17H2,1-2H3. The minimum Gasteiger partial charge on any atom is -0.345 e. The Morgan fingerprint density at radius 1 is 0.938 bits per heavy atom. The van der Waals surface area contributed by atoms with Crippen LogP contribution in [0.4, 0.5) is 5.13 Å². The van der Waals surface area contributed by atoms with Gasteiger partial charge < -0.3 is 4.90 Å². The number of tetrazole rings is 1. The SMILES string of the molecule is CC(C)C(c1nnnn1CCc1ccccc1)N1CCN(c2nc3ccccc3s2)CC1. The molecule has 5 rings (SSSR count). The molecule has 1 aliphatic rings. The highest BCUT2D eigenvalue weighted by molar-refractivity contribution is 7.22. The van der Waals surface area contributed by atoms with Gasteiger partial charge in [0.2, 0.25) is 0 Å². The van der Waals surface area contributed by atoms with Crippen molar-refractivity contribution in [3.05, 3.63) is 66.0 Å². The van der Waals surface area contributed by atoms with Gasteiger partial charge in [-0.05, 0) is 40.5 Å². The normalized spacial score (nSPS) is 16.2. The van der Waals surface area contributed by atoms with Crippen LogP contribution in [0.1, 0.15) is 31.3 Å². The third kappa shape index (κ3) is 4.38. The van der Waals surface area contributed by atoms with Crippen molar-refractivity contribution in [2.24, 2.45) is 5.92 Å². The summed E-state index contributed by atoms with van der Waals surface area (Å²) in [6, 6.07) is 19.1. The molecule has 4 aromatic rings. The minimum absolute atomic E-state index is 0.207. The topological polar surface area (TPSA) is 63.0 Å². The van der Waals surface area contributed by atoms with Crippen molar-refractivity contribution in [1.82, 2.24) is 30.1 Å². The van der Waals surface area contributed by atoms with Crippen LogP contribution in [-0.2, 0) is 13.0 Å². The van der Waals surface area contributed by atoms with E-state index in [1.165, 1.54) is 10.3 Å². The van der Waals surface area contributed by atoms with Gasteiger partial charge in [-0.3, -0.25) is 4.90 Å². The Balaban J connectivity index is 1.28. The monoisotopic (exact) mass is 447 g/mol. The lowest BCUT2D eigenvalue weighted by atomic mass is 10.0. The summed E-state index contributed by atoms with van der Waals surface area (Å²) in [5, 5.41) is 14.0. The van der Waals surface area contributed by atoms with Crippen LogP contribution in [-0.4, -0.2) is 56.3 Å². The van der Waals surface area contributed by atoms with E-state index >= 15 is 0 Å². The van der Waals surface area contributed by atoms with E-state index in [-0.39, 0.29) is 6.04 Å². The number of anilines is 1. The minimum atomic E-state index is 0.207. The Bertz CT molecular complexity index is 1110. The summed E-state index contributed by atoms with van der Waals surface area (Å²) in [4.78, 5) is 9.80. The highest BCUT2D eigenvalue weighted by Gasteiger charge is 2.32. The maximum Gasteiger partial charge on any atom is 0.186 e. The van der Waals surface area contributed by atoms with Crippen molar-refractivity contribution in [2.45, 2.75) is 32.9 Å². The highest BCUT2D eigenvalue weighted by Crippen LogP contribution is 2.32. The van der Waals surface area contributed by atoms with Crippen molar-refractivity contribution in [2.75, 3.05) is 31.1 Å². The maximum absolute atomic E-state index is 4.85. The summed E-state index contributed by atoms with van der Waals surface area (Å²) in [5.41, 5.74) is 2.40. The Labute approximate surface area is 192 Å². The molecule has 0 saturated carbocycles. The number of nitrogens with zero attached hydrogens (tertiary/aromatic N) is 7. The molecule has 8 heteroatoms.